The average Bonchev–Trinajstić information content (AvgIpc) is 2.67. The van der Waals surface area contributed by atoms with Gasteiger partial charge in [-0.25, -0.2) is 4.79 Å². The molecule has 1 aliphatic carbocycles. The van der Waals surface area contributed by atoms with Crippen molar-refractivity contribution in [2.45, 2.75) is 51.0 Å². The second-order valence-electron chi connectivity index (χ2n) is 6.75. The van der Waals surface area contributed by atoms with Crippen molar-refractivity contribution in [3.8, 4) is 0 Å². The third kappa shape index (κ3) is 5.35. The normalized spacial score (nSPS) is 14.9. The Hall–Kier alpha value is -2.29. The molecule has 0 amide bonds. The molecule has 2 aromatic carbocycles. The number of rotatable bonds is 7. The maximum Gasteiger partial charge on any atom is 0.340 e. The quantitative estimate of drug-likeness (QED) is 0.556. The van der Waals surface area contributed by atoms with Crippen LogP contribution in [0.4, 0.5) is 5.69 Å². The lowest BCUT2D eigenvalue weighted by Gasteiger charge is -2.24. The summed E-state index contributed by atoms with van der Waals surface area (Å²) < 4.78 is 5.50. The highest BCUT2D eigenvalue weighted by Crippen LogP contribution is 2.24. The first-order chi connectivity index (χ1) is 12.3. The van der Waals surface area contributed by atoms with Gasteiger partial charge in [0.05, 0.1) is 12.2 Å². The predicted molar refractivity (Wildman–Crippen MR) is 102 cm³/mol. The molecule has 0 bridgehead atoms. The molecule has 1 fully saturated rings. The number of esters is 1. The van der Waals surface area contributed by atoms with Crippen molar-refractivity contribution in [3.63, 3.8) is 0 Å². The first-order valence-electron chi connectivity index (χ1n) is 9.39. The zero-order valence-corrected chi connectivity index (χ0v) is 14.7. The van der Waals surface area contributed by atoms with Crippen LogP contribution in [0.1, 0.15) is 54.4 Å². The second kappa shape index (κ2) is 9.26. The van der Waals surface area contributed by atoms with Crippen LogP contribution < -0.4 is 5.32 Å². The molecule has 0 radical (unpaired) electrons. The Morgan fingerprint density at radius 1 is 0.960 bits per heavy atom. The molecular weight excluding hydrogens is 310 g/mol. The van der Waals surface area contributed by atoms with Crippen molar-refractivity contribution >= 4 is 11.7 Å². The first-order valence-corrected chi connectivity index (χ1v) is 9.39. The van der Waals surface area contributed by atoms with E-state index in [0.717, 1.165) is 18.5 Å². The van der Waals surface area contributed by atoms with Crippen LogP contribution in [-0.4, -0.2) is 18.6 Å². The molecule has 0 aliphatic heterocycles. The fourth-order valence-corrected chi connectivity index (χ4v) is 3.42. The number of benzene rings is 2. The minimum absolute atomic E-state index is 0.230. The monoisotopic (exact) mass is 337 g/mol. The molecule has 1 N–H and O–H groups in total. The maximum atomic E-state index is 12.5. The molecule has 1 saturated carbocycles. The smallest absolute Gasteiger partial charge is 0.340 e. The summed E-state index contributed by atoms with van der Waals surface area (Å²) in [6.45, 7) is 0.450. The minimum atomic E-state index is -0.230. The molecule has 0 aromatic heterocycles. The molecule has 0 unspecified atom stereocenters. The highest BCUT2D eigenvalue weighted by atomic mass is 16.5. The molecule has 25 heavy (non-hydrogen) atoms. The Labute approximate surface area is 150 Å². The topological polar surface area (TPSA) is 38.3 Å². The summed E-state index contributed by atoms with van der Waals surface area (Å²) in [6.07, 6.45) is 7.99. The van der Waals surface area contributed by atoms with Gasteiger partial charge in [0.2, 0.25) is 0 Å². The number of aryl methyl sites for hydroxylation is 1. The standard InChI is InChI=1S/C22H27NO2/c24-22(25-17-9-12-18-10-3-1-4-11-18)20-15-7-8-16-21(20)23-19-13-5-2-6-14-19/h1,3-4,7-8,10-11,15-16,19,23H,2,5-6,9,12-14,17H2. The third-order valence-corrected chi connectivity index (χ3v) is 4.80. The summed E-state index contributed by atoms with van der Waals surface area (Å²) in [5, 5.41) is 3.55. The van der Waals surface area contributed by atoms with Crippen LogP contribution >= 0.6 is 0 Å². The van der Waals surface area contributed by atoms with Crippen LogP contribution in [0.3, 0.4) is 0 Å². The number of para-hydroxylation sites is 1. The van der Waals surface area contributed by atoms with E-state index in [9.17, 15) is 4.79 Å². The molecule has 0 spiro atoms. The number of ether oxygens (including phenoxy) is 1. The Morgan fingerprint density at radius 2 is 1.68 bits per heavy atom. The van der Waals surface area contributed by atoms with Gasteiger partial charge in [-0.2, -0.15) is 0 Å². The molecule has 3 nitrogen and oxygen atoms in total. The lowest BCUT2D eigenvalue weighted by atomic mass is 9.95. The minimum Gasteiger partial charge on any atom is -0.462 e. The summed E-state index contributed by atoms with van der Waals surface area (Å²) in [4.78, 5) is 12.5. The fourth-order valence-electron chi connectivity index (χ4n) is 3.42. The largest absolute Gasteiger partial charge is 0.462 e. The third-order valence-electron chi connectivity index (χ3n) is 4.80. The Morgan fingerprint density at radius 3 is 2.48 bits per heavy atom. The summed E-state index contributed by atoms with van der Waals surface area (Å²) in [6, 6.07) is 18.5. The van der Waals surface area contributed by atoms with E-state index >= 15 is 0 Å². The van der Waals surface area contributed by atoms with Gasteiger partial charge >= 0.3 is 5.97 Å². The van der Waals surface area contributed by atoms with Gasteiger partial charge in [-0.3, -0.25) is 0 Å². The van der Waals surface area contributed by atoms with E-state index in [1.54, 1.807) is 0 Å². The number of anilines is 1. The van der Waals surface area contributed by atoms with Crippen molar-refractivity contribution in [1.29, 1.82) is 0 Å². The molecule has 132 valence electrons. The van der Waals surface area contributed by atoms with Crippen molar-refractivity contribution < 1.29 is 9.53 Å². The second-order valence-corrected chi connectivity index (χ2v) is 6.75. The number of carbonyl (C=O) groups excluding carboxylic acids is 1. The highest BCUT2D eigenvalue weighted by Gasteiger charge is 2.17. The molecule has 0 saturated heterocycles. The van der Waals surface area contributed by atoms with Gasteiger partial charge < -0.3 is 10.1 Å². The average molecular weight is 337 g/mol. The molecule has 0 atom stereocenters. The van der Waals surface area contributed by atoms with E-state index in [0.29, 0.717) is 18.2 Å². The van der Waals surface area contributed by atoms with Crippen molar-refractivity contribution in [2.75, 3.05) is 11.9 Å². The van der Waals surface area contributed by atoms with Gasteiger partial charge in [-0.05, 0) is 43.4 Å². The highest BCUT2D eigenvalue weighted by molar-refractivity contribution is 5.95. The maximum absolute atomic E-state index is 12.5. The molecule has 3 rings (SSSR count). The van der Waals surface area contributed by atoms with Crippen molar-refractivity contribution in [3.05, 3.63) is 65.7 Å². The molecule has 3 heteroatoms. The van der Waals surface area contributed by atoms with Gasteiger partial charge in [0.1, 0.15) is 0 Å². The summed E-state index contributed by atoms with van der Waals surface area (Å²) >= 11 is 0. The SMILES string of the molecule is O=C(OCCCc1ccccc1)c1ccccc1NC1CCCCC1. The first kappa shape index (κ1) is 17.5. The fraction of sp³-hybridized carbons (Fsp3) is 0.409. The molecule has 0 heterocycles. The van der Waals surface area contributed by atoms with E-state index < -0.39 is 0 Å². The predicted octanol–water partition coefficient (Wildman–Crippen LogP) is 5.22. The number of hydrogen-bond donors (Lipinski definition) is 1. The van der Waals surface area contributed by atoms with Crippen LogP contribution in [0.25, 0.3) is 0 Å². The molecule has 1 aliphatic rings. The zero-order chi connectivity index (χ0) is 17.3. The van der Waals surface area contributed by atoms with Gasteiger partial charge in [0.25, 0.3) is 0 Å². The summed E-state index contributed by atoms with van der Waals surface area (Å²) in [7, 11) is 0. The Kier molecular flexibility index (Phi) is 6.49. The number of carbonyl (C=O) groups is 1. The molecular formula is C22H27NO2. The van der Waals surface area contributed by atoms with Crippen LogP contribution in [0.15, 0.2) is 54.6 Å². The van der Waals surface area contributed by atoms with E-state index in [4.69, 9.17) is 4.74 Å². The van der Waals surface area contributed by atoms with Crippen LogP contribution in [0.2, 0.25) is 0 Å². The Balaban J connectivity index is 1.51. The number of hydrogen-bond acceptors (Lipinski definition) is 3. The van der Waals surface area contributed by atoms with Gasteiger partial charge in [-0.15, -0.1) is 0 Å². The van der Waals surface area contributed by atoms with Crippen molar-refractivity contribution in [2.24, 2.45) is 0 Å². The van der Waals surface area contributed by atoms with Gasteiger partial charge in [-0.1, -0.05) is 61.7 Å². The van der Waals surface area contributed by atoms with Gasteiger partial charge in [0.15, 0.2) is 0 Å². The Bertz CT molecular complexity index is 663. The number of nitrogens with one attached hydrogen (secondary N) is 1. The van der Waals surface area contributed by atoms with Crippen LogP contribution in [-0.2, 0) is 11.2 Å². The van der Waals surface area contributed by atoms with Crippen LogP contribution in [0.5, 0.6) is 0 Å². The lowest BCUT2D eigenvalue weighted by Crippen LogP contribution is -2.23. The zero-order valence-electron chi connectivity index (χ0n) is 14.7. The van der Waals surface area contributed by atoms with E-state index in [1.807, 2.05) is 42.5 Å². The van der Waals surface area contributed by atoms with E-state index in [2.05, 4.69) is 17.4 Å². The van der Waals surface area contributed by atoms with Crippen LogP contribution in [0, 0.1) is 0 Å². The lowest BCUT2D eigenvalue weighted by molar-refractivity contribution is 0.0501. The molecule has 2 aromatic rings. The van der Waals surface area contributed by atoms with E-state index in [1.165, 1.54) is 37.7 Å². The van der Waals surface area contributed by atoms with Gasteiger partial charge in [0, 0.05) is 11.7 Å². The summed E-state index contributed by atoms with van der Waals surface area (Å²) in [5.74, 6) is -0.230. The van der Waals surface area contributed by atoms with Crippen molar-refractivity contribution in [1.82, 2.24) is 0 Å². The summed E-state index contributed by atoms with van der Waals surface area (Å²) in [5.41, 5.74) is 2.83. The van der Waals surface area contributed by atoms with E-state index in [-0.39, 0.29) is 5.97 Å².